The zero-order chi connectivity index (χ0) is 23.3. The van der Waals surface area contributed by atoms with E-state index in [1.165, 1.54) is 4.90 Å². The molecule has 174 valence electrons. The molecule has 2 aliphatic rings. The van der Waals surface area contributed by atoms with Crippen molar-refractivity contribution in [2.45, 2.75) is 25.0 Å². The van der Waals surface area contributed by atoms with Crippen LogP contribution in [0.1, 0.15) is 16.8 Å². The molecule has 1 atom stereocenters. The summed E-state index contributed by atoms with van der Waals surface area (Å²) < 4.78 is 43.0. The van der Waals surface area contributed by atoms with Crippen molar-refractivity contribution in [3.05, 3.63) is 58.9 Å². The number of aliphatic hydroxyl groups is 1. The average Bonchev–Trinajstić information content (AvgIpc) is 3.08. The number of amides is 1. The summed E-state index contributed by atoms with van der Waals surface area (Å²) in [5.74, 6) is -1.69. The molecule has 0 radical (unpaired) electrons. The van der Waals surface area contributed by atoms with E-state index in [2.05, 4.69) is 4.98 Å². The van der Waals surface area contributed by atoms with E-state index in [9.17, 15) is 15.0 Å². The smallest absolute Gasteiger partial charge is 0.407 e. The van der Waals surface area contributed by atoms with Crippen LogP contribution in [-0.4, -0.2) is 69.6 Å². The van der Waals surface area contributed by atoms with Crippen LogP contribution in [0.2, 0.25) is 0 Å². The zero-order valence-corrected chi connectivity index (χ0v) is 17.9. The number of fused-ring (bicyclic) bond motifs is 1. The van der Waals surface area contributed by atoms with Crippen molar-refractivity contribution in [1.29, 1.82) is 0 Å². The van der Waals surface area contributed by atoms with E-state index >= 15 is 8.78 Å². The number of rotatable bonds is 4. The molecule has 2 N–H and O–H groups in total. The molecule has 0 aliphatic carbocycles. The first kappa shape index (κ1) is 21.7. The molecule has 4 heterocycles. The van der Waals surface area contributed by atoms with E-state index in [1.807, 2.05) is 13.0 Å². The number of carboxylic acid groups (broad SMARTS) is 1. The summed E-state index contributed by atoms with van der Waals surface area (Å²) in [5.41, 5.74) is 0.481. The van der Waals surface area contributed by atoms with Crippen molar-refractivity contribution >= 4 is 11.7 Å². The first-order valence-corrected chi connectivity index (χ1v) is 10.6. The monoisotopic (exact) mass is 459 g/mol. The number of aryl methyl sites for hydroxylation is 1. The second kappa shape index (κ2) is 8.05. The van der Waals surface area contributed by atoms with E-state index in [0.29, 0.717) is 11.3 Å². The molecule has 1 amide bonds. The molecular weight excluding hydrogens is 436 g/mol. The van der Waals surface area contributed by atoms with Crippen molar-refractivity contribution in [2.75, 3.05) is 32.9 Å². The van der Waals surface area contributed by atoms with Crippen LogP contribution in [0.25, 0.3) is 16.9 Å². The fourth-order valence-corrected chi connectivity index (χ4v) is 4.35. The number of nitrogens with zero attached hydrogens (tertiary/aromatic N) is 3. The lowest BCUT2D eigenvalue weighted by Gasteiger charge is -2.36. The Balaban J connectivity index is 1.59. The number of benzene rings is 1. The molecule has 8 nitrogen and oxygen atoms in total. The van der Waals surface area contributed by atoms with Crippen molar-refractivity contribution in [3.63, 3.8) is 0 Å². The van der Waals surface area contributed by atoms with Gasteiger partial charge in [0, 0.05) is 19.2 Å². The Morgan fingerprint density at radius 2 is 2.00 bits per heavy atom. The van der Waals surface area contributed by atoms with E-state index in [4.69, 9.17) is 9.47 Å². The predicted octanol–water partition coefficient (Wildman–Crippen LogP) is 2.73. The highest BCUT2D eigenvalue weighted by molar-refractivity contribution is 5.69. The Kier molecular flexibility index (Phi) is 5.31. The lowest BCUT2D eigenvalue weighted by atomic mass is 9.90. The molecule has 0 saturated carbocycles. The number of carbonyl (C=O) groups is 1. The second-order valence-corrected chi connectivity index (χ2v) is 8.60. The Labute approximate surface area is 188 Å². The first-order chi connectivity index (χ1) is 15.7. The zero-order valence-electron chi connectivity index (χ0n) is 17.9. The highest BCUT2D eigenvalue weighted by atomic mass is 19.1. The molecule has 0 bridgehead atoms. The van der Waals surface area contributed by atoms with Gasteiger partial charge in [-0.2, -0.15) is 0 Å². The third-order valence-corrected chi connectivity index (χ3v) is 6.21. The van der Waals surface area contributed by atoms with Gasteiger partial charge in [0.2, 0.25) is 0 Å². The van der Waals surface area contributed by atoms with Crippen LogP contribution in [0.5, 0.6) is 0 Å². The van der Waals surface area contributed by atoms with Gasteiger partial charge in [0.05, 0.1) is 49.4 Å². The molecule has 10 heteroatoms. The molecule has 33 heavy (non-hydrogen) atoms. The molecule has 2 aliphatic heterocycles. The largest absolute Gasteiger partial charge is 0.465 e. The Hall–Kier alpha value is -3.08. The summed E-state index contributed by atoms with van der Waals surface area (Å²) in [5, 5.41) is 19.8. The lowest BCUT2D eigenvalue weighted by molar-refractivity contribution is -0.184. The van der Waals surface area contributed by atoms with Gasteiger partial charge in [-0.1, -0.05) is 0 Å². The molecule has 1 aromatic carbocycles. The maximum Gasteiger partial charge on any atom is 0.407 e. The summed E-state index contributed by atoms with van der Waals surface area (Å²) in [6.45, 7) is 2.49. The molecule has 2 fully saturated rings. The maximum absolute atomic E-state index is 15.3. The fourth-order valence-electron chi connectivity index (χ4n) is 4.35. The molecule has 0 spiro atoms. The SMILES string of the molecule is Cc1ccn2c(CC3CN(C(=O)O)CCO3)c(-c3c(F)cc(C4(O)COC4)cc3F)nc2c1. The lowest BCUT2D eigenvalue weighted by Crippen LogP contribution is -2.46. The Bertz CT molecular complexity index is 1220. The number of ether oxygens (including phenoxy) is 2. The van der Waals surface area contributed by atoms with Crippen LogP contribution >= 0.6 is 0 Å². The molecule has 2 aromatic heterocycles. The highest BCUT2D eigenvalue weighted by Gasteiger charge is 2.39. The van der Waals surface area contributed by atoms with Gasteiger partial charge in [-0.25, -0.2) is 18.6 Å². The van der Waals surface area contributed by atoms with E-state index in [1.54, 1.807) is 16.7 Å². The quantitative estimate of drug-likeness (QED) is 0.623. The van der Waals surface area contributed by atoms with Crippen LogP contribution in [0.3, 0.4) is 0 Å². The number of pyridine rings is 1. The topological polar surface area (TPSA) is 96.5 Å². The van der Waals surface area contributed by atoms with E-state index in [-0.39, 0.29) is 56.2 Å². The summed E-state index contributed by atoms with van der Waals surface area (Å²) in [6, 6.07) is 5.89. The van der Waals surface area contributed by atoms with Gasteiger partial charge in [-0.3, -0.25) is 0 Å². The number of aromatic nitrogens is 2. The molecular formula is C23H23F2N3O5. The highest BCUT2D eigenvalue weighted by Crippen LogP contribution is 2.36. The van der Waals surface area contributed by atoms with Crippen molar-refractivity contribution in [2.24, 2.45) is 0 Å². The van der Waals surface area contributed by atoms with E-state index < -0.39 is 29.4 Å². The molecule has 1 unspecified atom stereocenters. The number of hydrogen-bond acceptors (Lipinski definition) is 5. The minimum atomic E-state index is -1.41. The van der Waals surface area contributed by atoms with Crippen LogP contribution in [0.15, 0.2) is 30.5 Å². The predicted molar refractivity (Wildman–Crippen MR) is 113 cm³/mol. The van der Waals surface area contributed by atoms with Crippen molar-refractivity contribution < 1.29 is 33.3 Å². The summed E-state index contributed by atoms with van der Waals surface area (Å²) in [4.78, 5) is 17.2. The third kappa shape index (κ3) is 3.84. The van der Waals surface area contributed by atoms with Crippen molar-refractivity contribution in [3.8, 4) is 11.3 Å². The van der Waals surface area contributed by atoms with Crippen LogP contribution in [0, 0.1) is 18.6 Å². The number of morpholine rings is 1. The Morgan fingerprint density at radius 3 is 2.64 bits per heavy atom. The fraction of sp³-hybridized carbons (Fsp3) is 0.391. The normalized spacial score (nSPS) is 20.1. The average molecular weight is 459 g/mol. The summed E-state index contributed by atoms with van der Waals surface area (Å²) in [7, 11) is 0. The van der Waals surface area contributed by atoms with E-state index in [0.717, 1.165) is 17.7 Å². The standard InChI is InChI=1S/C23H23F2N3O5/c1-13-2-3-28-18(9-15-10-27(22(29)30)4-5-33-15)21(26-19(28)6-13)20-16(24)7-14(8-17(20)25)23(31)11-32-12-23/h2-3,6-8,15,31H,4-5,9-12H2,1H3,(H,29,30). The van der Waals surface area contributed by atoms with Crippen LogP contribution in [0.4, 0.5) is 13.6 Å². The minimum absolute atomic E-state index is 0.0246. The summed E-state index contributed by atoms with van der Waals surface area (Å²) >= 11 is 0. The number of halogens is 2. The molecule has 2 saturated heterocycles. The third-order valence-electron chi connectivity index (χ3n) is 6.21. The van der Waals surface area contributed by atoms with Gasteiger partial charge in [-0.15, -0.1) is 0 Å². The molecule has 5 rings (SSSR count). The van der Waals surface area contributed by atoms with Gasteiger partial charge >= 0.3 is 6.09 Å². The first-order valence-electron chi connectivity index (χ1n) is 10.6. The molecule has 3 aromatic rings. The minimum Gasteiger partial charge on any atom is -0.465 e. The maximum atomic E-state index is 15.3. The van der Waals surface area contributed by atoms with Crippen molar-refractivity contribution in [1.82, 2.24) is 14.3 Å². The second-order valence-electron chi connectivity index (χ2n) is 8.60. The number of imidazole rings is 1. The van der Waals surface area contributed by atoms with Crippen LogP contribution < -0.4 is 0 Å². The van der Waals surface area contributed by atoms with Gasteiger partial charge < -0.3 is 29.0 Å². The van der Waals surface area contributed by atoms with Gasteiger partial charge in [0.25, 0.3) is 0 Å². The van der Waals surface area contributed by atoms with Gasteiger partial charge in [-0.05, 0) is 42.3 Å². The summed E-state index contributed by atoms with van der Waals surface area (Å²) in [6.07, 6.45) is 0.449. The van der Waals surface area contributed by atoms with Gasteiger partial charge in [0.15, 0.2) is 0 Å². The Morgan fingerprint density at radius 1 is 1.27 bits per heavy atom. The van der Waals surface area contributed by atoms with Gasteiger partial charge in [0.1, 0.15) is 22.9 Å². The van der Waals surface area contributed by atoms with Crippen LogP contribution in [-0.2, 0) is 21.5 Å². The number of hydrogen-bond donors (Lipinski definition) is 2.